The van der Waals surface area contributed by atoms with Crippen molar-refractivity contribution in [3.05, 3.63) is 151 Å². The highest BCUT2D eigenvalue weighted by atomic mass is 16.5. The summed E-state index contributed by atoms with van der Waals surface area (Å²) in [5, 5.41) is 6.17. The molecule has 0 N–H and O–H groups in total. The Morgan fingerprint density at radius 3 is 1.77 bits per heavy atom. The number of rotatable bonds is 8. The number of aromatic nitrogens is 3. The van der Waals surface area contributed by atoms with Crippen molar-refractivity contribution in [3.63, 3.8) is 0 Å². The summed E-state index contributed by atoms with van der Waals surface area (Å²) < 4.78 is 13.6. The molecule has 0 saturated carbocycles. The third-order valence-corrected chi connectivity index (χ3v) is 8.71. The van der Waals surface area contributed by atoms with Gasteiger partial charge < -0.3 is 14.4 Å². The minimum atomic E-state index is -0.661. The molecule has 0 spiro atoms. The van der Waals surface area contributed by atoms with E-state index in [1.165, 1.54) is 0 Å². The largest absolute Gasteiger partial charge is 0.377 e. The highest BCUT2D eigenvalue weighted by Gasteiger charge is 2.39. The molecule has 0 radical (unpaired) electrons. The zero-order valence-corrected chi connectivity index (χ0v) is 24.4. The standard InChI is InChI=1S/C37H34N4O2/c1-42-35-25-40(26-36(35)43-2)34-20-21-38-33-19-18-27(22-32(33)34)28-23-39-41(24-28)37(29-12-6-3-7-13-29,30-14-8-4-9-15-30)31-16-10-5-11-17-31/h3-24,35-36H,25-26H2,1-2H3. The van der Waals surface area contributed by atoms with Crippen LogP contribution >= 0.6 is 0 Å². The fourth-order valence-corrected chi connectivity index (χ4v) is 6.57. The van der Waals surface area contributed by atoms with Gasteiger partial charge in [-0.3, -0.25) is 9.67 Å². The van der Waals surface area contributed by atoms with Crippen LogP contribution in [0.3, 0.4) is 0 Å². The molecule has 6 nitrogen and oxygen atoms in total. The Morgan fingerprint density at radius 2 is 1.23 bits per heavy atom. The Kier molecular flexibility index (Phi) is 7.23. The van der Waals surface area contributed by atoms with Crippen LogP contribution in [0.4, 0.5) is 5.69 Å². The Balaban J connectivity index is 1.37. The maximum absolute atomic E-state index is 5.72. The summed E-state index contributed by atoms with van der Waals surface area (Å²) in [4.78, 5) is 7.02. The van der Waals surface area contributed by atoms with Crippen LogP contribution in [0, 0.1) is 0 Å². The zero-order valence-electron chi connectivity index (χ0n) is 24.4. The summed E-state index contributed by atoms with van der Waals surface area (Å²) in [5.74, 6) is 0. The Morgan fingerprint density at radius 1 is 0.674 bits per heavy atom. The van der Waals surface area contributed by atoms with Crippen molar-refractivity contribution >= 4 is 16.6 Å². The SMILES string of the molecule is COC1CN(c2ccnc3ccc(-c4cnn(C(c5ccccc5)(c5ccccc5)c5ccccc5)c4)cc23)CC1OC. The predicted octanol–water partition coefficient (Wildman–Crippen LogP) is 6.79. The fraction of sp³-hybridized carbons (Fsp3) is 0.189. The Bertz CT molecular complexity index is 1710. The molecule has 214 valence electrons. The van der Waals surface area contributed by atoms with E-state index in [-0.39, 0.29) is 12.2 Å². The van der Waals surface area contributed by atoms with Crippen LogP contribution in [0.2, 0.25) is 0 Å². The van der Waals surface area contributed by atoms with Crippen molar-refractivity contribution in [2.45, 2.75) is 17.7 Å². The molecule has 7 rings (SSSR count). The van der Waals surface area contributed by atoms with Gasteiger partial charge in [0.2, 0.25) is 0 Å². The van der Waals surface area contributed by atoms with E-state index in [0.29, 0.717) is 0 Å². The predicted molar refractivity (Wildman–Crippen MR) is 171 cm³/mol. The first-order chi connectivity index (χ1) is 21.2. The smallest absolute Gasteiger partial charge is 0.138 e. The first-order valence-electron chi connectivity index (χ1n) is 14.6. The summed E-state index contributed by atoms with van der Waals surface area (Å²) in [5.41, 5.74) is 6.97. The summed E-state index contributed by atoms with van der Waals surface area (Å²) in [6.07, 6.45) is 6.07. The average molecular weight is 567 g/mol. The first-order valence-corrected chi connectivity index (χ1v) is 14.6. The van der Waals surface area contributed by atoms with Crippen LogP contribution in [-0.2, 0) is 15.0 Å². The summed E-state index contributed by atoms with van der Waals surface area (Å²) >= 11 is 0. The number of ether oxygens (including phenoxy) is 2. The molecule has 2 atom stereocenters. The van der Waals surface area contributed by atoms with Crippen molar-refractivity contribution in [2.24, 2.45) is 0 Å². The van der Waals surface area contributed by atoms with Gasteiger partial charge in [-0.25, -0.2) is 0 Å². The van der Waals surface area contributed by atoms with E-state index >= 15 is 0 Å². The Hall–Kier alpha value is -4.78. The molecular formula is C37H34N4O2. The maximum Gasteiger partial charge on any atom is 0.138 e. The first kappa shape index (κ1) is 27.1. The molecule has 1 saturated heterocycles. The Labute approximate surface area is 252 Å². The lowest BCUT2D eigenvalue weighted by Crippen LogP contribution is -2.38. The number of fused-ring (bicyclic) bond motifs is 1. The van der Waals surface area contributed by atoms with Gasteiger partial charge >= 0.3 is 0 Å². The van der Waals surface area contributed by atoms with Gasteiger partial charge in [-0.15, -0.1) is 0 Å². The van der Waals surface area contributed by atoms with Gasteiger partial charge in [0, 0.05) is 56.3 Å². The number of anilines is 1. The number of pyridine rings is 1. The molecule has 3 heterocycles. The lowest BCUT2D eigenvalue weighted by Gasteiger charge is -2.36. The van der Waals surface area contributed by atoms with Crippen LogP contribution in [0.15, 0.2) is 134 Å². The second-order valence-corrected chi connectivity index (χ2v) is 11.0. The summed E-state index contributed by atoms with van der Waals surface area (Å²) in [6, 6.07) is 40.4. The van der Waals surface area contributed by atoms with E-state index in [0.717, 1.165) is 57.5 Å². The molecule has 2 unspecified atom stereocenters. The number of methoxy groups -OCH3 is 2. The lowest BCUT2D eigenvalue weighted by atomic mass is 9.77. The van der Waals surface area contributed by atoms with E-state index in [2.05, 4.69) is 136 Å². The van der Waals surface area contributed by atoms with Gasteiger partial charge in [0.1, 0.15) is 17.7 Å². The van der Waals surface area contributed by atoms with E-state index in [1.807, 2.05) is 12.4 Å². The average Bonchev–Trinajstić information content (AvgIpc) is 3.74. The normalized spacial score (nSPS) is 17.0. The summed E-state index contributed by atoms with van der Waals surface area (Å²) in [7, 11) is 3.50. The van der Waals surface area contributed by atoms with Crippen molar-refractivity contribution < 1.29 is 9.47 Å². The number of nitrogens with zero attached hydrogens (tertiary/aromatic N) is 4. The minimum Gasteiger partial charge on any atom is -0.377 e. The lowest BCUT2D eigenvalue weighted by molar-refractivity contribution is -0.00461. The second-order valence-electron chi connectivity index (χ2n) is 11.0. The monoisotopic (exact) mass is 566 g/mol. The van der Waals surface area contributed by atoms with Gasteiger partial charge in [-0.05, 0) is 40.5 Å². The molecule has 1 aliphatic rings. The van der Waals surface area contributed by atoms with Gasteiger partial charge in [-0.2, -0.15) is 5.10 Å². The molecule has 2 aromatic heterocycles. The second kappa shape index (κ2) is 11.5. The third-order valence-electron chi connectivity index (χ3n) is 8.71. The molecule has 43 heavy (non-hydrogen) atoms. The molecule has 6 heteroatoms. The van der Waals surface area contributed by atoms with Crippen molar-refractivity contribution in [2.75, 3.05) is 32.2 Å². The van der Waals surface area contributed by atoms with Gasteiger partial charge in [0.05, 0.1) is 11.7 Å². The number of hydrogen-bond acceptors (Lipinski definition) is 5. The maximum atomic E-state index is 5.72. The van der Waals surface area contributed by atoms with Crippen LogP contribution in [0.25, 0.3) is 22.0 Å². The van der Waals surface area contributed by atoms with E-state index < -0.39 is 5.54 Å². The molecule has 4 aromatic carbocycles. The molecular weight excluding hydrogens is 532 g/mol. The quantitative estimate of drug-likeness (QED) is 0.190. The van der Waals surface area contributed by atoms with E-state index in [9.17, 15) is 0 Å². The molecule has 1 aliphatic heterocycles. The highest BCUT2D eigenvalue weighted by Crippen LogP contribution is 2.41. The fourth-order valence-electron chi connectivity index (χ4n) is 6.57. The highest BCUT2D eigenvalue weighted by molar-refractivity contribution is 5.94. The van der Waals surface area contributed by atoms with E-state index in [1.54, 1.807) is 14.2 Å². The van der Waals surface area contributed by atoms with Gasteiger partial charge in [-0.1, -0.05) is 97.1 Å². The minimum absolute atomic E-state index is 0.0247. The zero-order chi connectivity index (χ0) is 29.2. The molecule has 6 aromatic rings. The van der Waals surface area contributed by atoms with Crippen LogP contribution in [0.5, 0.6) is 0 Å². The topological polar surface area (TPSA) is 52.4 Å². The van der Waals surface area contributed by atoms with Crippen molar-refractivity contribution in [1.29, 1.82) is 0 Å². The number of benzene rings is 4. The van der Waals surface area contributed by atoms with Gasteiger partial charge in [0.15, 0.2) is 0 Å². The van der Waals surface area contributed by atoms with Crippen molar-refractivity contribution in [1.82, 2.24) is 14.8 Å². The molecule has 0 bridgehead atoms. The van der Waals surface area contributed by atoms with Crippen LogP contribution < -0.4 is 4.90 Å². The molecule has 0 aliphatic carbocycles. The number of hydrogen-bond donors (Lipinski definition) is 0. The van der Waals surface area contributed by atoms with Crippen LogP contribution in [0.1, 0.15) is 16.7 Å². The molecule has 1 fully saturated rings. The molecule has 0 amide bonds. The summed E-state index contributed by atoms with van der Waals surface area (Å²) in [6.45, 7) is 1.54. The third kappa shape index (κ3) is 4.69. The van der Waals surface area contributed by atoms with E-state index in [4.69, 9.17) is 14.6 Å². The van der Waals surface area contributed by atoms with Gasteiger partial charge in [0.25, 0.3) is 0 Å². The van der Waals surface area contributed by atoms with Crippen LogP contribution in [-0.4, -0.2) is 54.3 Å². The van der Waals surface area contributed by atoms with Crippen molar-refractivity contribution in [3.8, 4) is 11.1 Å².